The first-order valence-electron chi connectivity index (χ1n) is 5.57. The number of nitrogens with one attached hydrogen (secondary N) is 1. The SMILES string of the molecule is CC(O)CCCNS(=O)(=O)c1ccc(Cl)c(F)c1Cl. The van der Waals surface area contributed by atoms with E-state index in [2.05, 4.69) is 4.72 Å². The van der Waals surface area contributed by atoms with E-state index in [1.54, 1.807) is 6.92 Å². The van der Waals surface area contributed by atoms with Gasteiger partial charge in [-0.2, -0.15) is 0 Å². The normalized spacial score (nSPS) is 13.5. The molecule has 0 fully saturated rings. The third-order valence-electron chi connectivity index (χ3n) is 2.38. The van der Waals surface area contributed by atoms with Crippen molar-refractivity contribution in [2.45, 2.75) is 30.8 Å². The first kappa shape index (κ1) is 16.7. The first-order valence-corrected chi connectivity index (χ1v) is 7.81. The molecule has 0 bridgehead atoms. The van der Waals surface area contributed by atoms with Crippen molar-refractivity contribution in [3.05, 3.63) is 28.0 Å². The lowest BCUT2D eigenvalue weighted by molar-refractivity contribution is 0.182. The van der Waals surface area contributed by atoms with Gasteiger partial charge >= 0.3 is 0 Å². The zero-order chi connectivity index (χ0) is 14.6. The molecule has 8 heteroatoms. The van der Waals surface area contributed by atoms with E-state index in [9.17, 15) is 12.8 Å². The fraction of sp³-hybridized carbons (Fsp3) is 0.455. The lowest BCUT2D eigenvalue weighted by atomic mass is 10.2. The van der Waals surface area contributed by atoms with Gasteiger partial charge in [0.2, 0.25) is 10.0 Å². The van der Waals surface area contributed by atoms with Gasteiger partial charge in [-0.1, -0.05) is 23.2 Å². The van der Waals surface area contributed by atoms with E-state index in [1.165, 1.54) is 0 Å². The van der Waals surface area contributed by atoms with Crippen LogP contribution in [-0.4, -0.2) is 26.2 Å². The molecule has 4 nitrogen and oxygen atoms in total. The molecule has 0 aliphatic carbocycles. The van der Waals surface area contributed by atoms with Crippen LogP contribution in [0.25, 0.3) is 0 Å². The quantitative estimate of drug-likeness (QED) is 0.622. The van der Waals surface area contributed by atoms with Gasteiger partial charge in [0.1, 0.15) is 4.90 Å². The molecule has 0 saturated carbocycles. The number of halogens is 3. The molecule has 1 rings (SSSR count). The Kier molecular flexibility index (Phi) is 6.01. The predicted octanol–water partition coefficient (Wildman–Crippen LogP) is 2.57. The van der Waals surface area contributed by atoms with Crippen LogP contribution in [0.3, 0.4) is 0 Å². The molecule has 0 radical (unpaired) electrons. The Labute approximate surface area is 121 Å². The third kappa shape index (κ3) is 4.57. The molecule has 108 valence electrons. The van der Waals surface area contributed by atoms with Crippen molar-refractivity contribution in [3.63, 3.8) is 0 Å². The summed E-state index contributed by atoms with van der Waals surface area (Å²) in [5.41, 5.74) is 0. The van der Waals surface area contributed by atoms with Gasteiger partial charge in [-0.3, -0.25) is 0 Å². The third-order valence-corrected chi connectivity index (χ3v) is 4.66. The summed E-state index contributed by atoms with van der Waals surface area (Å²) in [5.74, 6) is -0.963. The predicted molar refractivity (Wildman–Crippen MR) is 72.5 cm³/mol. The smallest absolute Gasteiger partial charge is 0.242 e. The second-order valence-electron chi connectivity index (χ2n) is 4.06. The molecule has 0 spiro atoms. The highest BCUT2D eigenvalue weighted by molar-refractivity contribution is 7.89. The molecule has 1 aromatic carbocycles. The van der Waals surface area contributed by atoms with Crippen LogP contribution in [0.1, 0.15) is 19.8 Å². The maximum absolute atomic E-state index is 13.4. The Balaban J connectivity index is 2.81. The van der Waals surface area contributed by atoms with E-state index in [0.717, 1.165) is 12.1 Å². The molecule has 2 N–H and O–H groups in total. The molecule has 19 heavy (non-hydrogen) atoms. The van der Waals surface area contributed by atoms with Crippen LogP contribution in [-0.2, 0) is 10.0 Å². The maximum Gasteiger partial charge on any atom is 0.242 e. The van der Waals surface area contributed by atoms with E-state index < -0.39 is 27.0 Å². The summed E-state index contributed by atoms with van der Waals surface area (Å²) < 4.78 is 39.5. The van der Waals surface area contributed by atoms with Crippen molar-refractivity contribution in [1.82, 2.24) is 4.72 Å². The van der Waals surface area contributed by atoms with Gasteiger partial charge in [-0.05, 0) is 31.9 Å². The number of sulfonamides is 1. The molecule has 1 atom stereocenters. The number of hydrogen-bond acceptors (Lipinski definition) is 3. The zero-order valence-electron chi connectivity index (χ0n) is 10.2. The largest absolute Gasteiger partial charge is 0.393 e. The molecule has 0 saturated heterocycles. The van der Waals surface area contributed by atoms with E-state index in [0.29, 0.717) is 12.8 Å². The van der Waals surface area contributed by atoms with Crippen LogP contribution in [0, 0.1) is 5.82 Å². The first-order chi connectivity index (χ1) is 8.75. The molecule has 1 aromatic rings. The van der Waals surface area contributed by atoms with Crippen LogP contribution in [0.2, 0.25) is 10.0 Å². The summed E-state index contributed by atoms with van der Waals surface area (Å²) in [6.07, 6.45) is 0.427. The van der Waals surface area contributed by atoms with Crippen LogP contribution in [0.5, 0.6) is 0 Å². The summed E-state index contributed by atoms with van der Waals surface area (Å²) in [6, 6.07) is 2.28. The lowest BCUT2D eigenvalue weighted by Crippen LogP contribution is -2.25. The molecule has 0 aliphatic rings. The summed E-state index contributed by atoms with van der Waals surface area (Å²) >= 11 is 11.1. The molecule has 0 amide bonds. The molecule has 1 unspecified atom stereocenters. The summed E-state index contributed by atoms with van der Waals surface area (Å²) in [7, 11) is -3.89. The van der Waals surface area contributed by atoms with E-state index in [4.69, 9.17) is 28.3 Å². The van der Waals surface area contributed by atoms with E-state index in [1.807, 2.05) is 0 Å². The summed E-state index contributed by atoms with van der Waals surface area (Å²) in [6.45, 7) is 1.74. The minimum atomic E-state index is -3.89. The Morgan fingerprint density at radius 3 is 2.63 bits per heavy atom. The highest BCUT2D eigenvalue weighted by Crippen LogP contribution is 2.29. The topological polar surface area (TPSA) is 66.4 Å². The average molecular weight is 330 g/mol. The second kappa shape index (κ2) is 6.85. The number of hydrogen-bond donors (Lipinski definition) is 2. The van der Waals surface area contributed by atoms with Crippen molar-refractivity contribution in [2.75, 3.05) is 6.54 Å². The van der Waals surface area contributed by atoms with E-state index in [-0.39, 0.29) is 16.5 Å². The minimum Gasteiger partial charge on any atom is -0.393 e. The highest BCUT2D eigenvalue weighted by Gasteiger charge is 2.21. The number of rotatable bonds is 6. The monoisotopic (exact) mass is 329 g/mol. The Morgan fingerprint density at radius 2 is 2.05 bits per heavy atom. The average Bonchev–Trinajstić information content (AvgIpc) is 2.31. The Bertz CT molecular complexity index is 549. The number of benzene rings is 1. The zero-order valence-corrected chi connectivity index (χ0v) is 12.5. The van der Waals surface area contributed by atoms with Crippen molar-refractivity contribution in [1.29, 1.82) is 0 Å². The molecule has 0 aliphatic heterocycles. The van der Waals surface area contributed by atoms with Crippen LogP contribution < -0.4 is 4.72 Å². The molecular weight excluding hydrogens is 316 g/mol. The van der Waals surface area contributed by atoms with Crippen molar-refractivity contribution in [3.8, 4) is 0 Å². The standard InChI is InChI=1S/C11H14Cl2FNO3S/c1-7(16)3-2-6-15-19(17,18)9-5-4-8(12)11(14)10(9)13/h4-5,7,15-16H,2-3,6H2,1H3. The fourth-order valence-corrected chi connectivity index (χ4v) is 3.21. The minimum absolute atomic E-state index is 0.133. The fourth-order valence-electron chi connectivity index (χ4n) is 1.40. The van der Waals surface area contributed by atoms with Gasteiger partial charge in [0.25, 0.3) is 0 Å². The summed E-state index contributed by atoms with van der Waals surface area (Å²) in [5, 5.41) is 8.28. The molecular formula is C11H14Cl2FNO3S. The molecule has 0 aromatic heterocycles. The van der Waals surface area contributed by atoms with Gasteiger partial charge in [-0.15, -0.1) is 0 Å². The molecule has 0 heterocycles. The maximum atomic E-state index is 13.4. The van der Waals surface area contributed by atoms with Crippen LogP contribution in [0.15, 0.2) is 17.0 Å². The van der Waals surface area contributed by atoms with Crippen molar-refractivity contribution >= 4 is 33.2 Å². The van der Waals surface area contributed by atoms with Gasteiger partial charge < -0.3 is 5.11 Å². The second-order valence-corrected chi connectivity index (χ2v) is 6.58. The van der Waals surface area contributed by atoms with E-state index >= 15 is 0 Å². The van der Waals surface area contributed by atoms with Gasteiger partial charge in [0.05, 0.1) is 16.1 Å². The van der Waals surface area contributed by atoms with Gasteiger partial charge in [0.15, 0.2) is 5.82 Å². The van der Waals surface area contributed by atoms with Crippen LogP contribution in [0.4, 0.5) is 4.39 Å². The van der Waals surface area contributed by atoms with Crippen molar-refractivity contribution in [2.24, 2.45) is 0 Å². The Hall–Kier alpha value is -0.400. The Morgan fingerprint density at radius 1 is 1.42 bits per heavy atom. The number of aliphatic hydroxyl groups excluding tert-OH is 1. The number of aliphatic hydroxyl groups is 1. The lowest BCUT2D eigenvalue weighted by Gasteiger charge is -2.10. The summed E-state index contributed by atoms with van der Waals surface area (Å²) in [4.78, 5) is -0.354. The van der Waals surface area contributed by atoms with Crippen LogP contribution >= 0.6 is 23.2 Å². The highest BCUT2D eigenvalue weighted by atomic mass is 35.5. The van der Waals surface area contributed by atoms with Crippen molar-refractivity contribution < 1.29 is 17.9 Å². The van der Waals surface area contributed by atoms with Gasteiger partial charge in [0, 0.05) is 6.54 Å². The van der Waals surface area contributed by atoms with Gasteiger partial charge in [-0.25, -0.2) is 17.5 Å².